The lowest BCUT2D eigenvalue weighted by molar-refractivity contribution is 0.601. The Hall–Kier alpha value is -1.99. The predicted molar refractivity (Wildman–Crippen MR) is 82.1 cm³/mol. The molecule has 0 spiro atoms. The quantitative estimate of drug-likeness (QED) is 0.842. The lowest BCUT2D eigenvalue weighted by atomic mass is 10.2. The molecule has 104 valence electrons. The molecule has 1 aromatic carbocycles. The first-order chi connectivity index (χ1) is 9.40. The van der Waals surface area contributed by atoms with Crippen LogP contribution in [0.5, 0.6) is 0 Å². The van der Waals surface area contributed by atoms with Crippen LogP contribution in [0.2, 0.25) is 0 Å². The third-order valence-corrected chi connectivity index (χ3v) is 4.26. The molecule has 7 heteroatoms. The number of nitrogens with one attached hydrogen (secondary N) is 1. The number of nitrogens with zero attached hydrogens (tertiary/aromatic N) is 1. The number of rotatable bonds is 4. The summed E-state index contributed by atoms with van der Waals surface area (Å²) in [5, 5.41) is 0. The van der Waals surface area contributed by atoms with Crippen molar-refractivity contribution in [2.75, 3.05) is 4.72 Å². The minimum Gasteiger partial charge on any atom is -0.389 e. The first kappa shape index (κ1) is 14.4. The Morgan fingerprint density at radius 3 is 2.55 bits per heavy atom. The second-order valence-corrected chi connectivity index (χ2v) is 6.24. The summed E-state index contributed by atoms with van der Waals surface area (Å²) in [4.78, 5) is 4.12. The summed E-state index contributed by atoms with van der Waals surface area (Å²) in [6.45, 7) is 1.82. The van der Waals surface area contributed by atoms with Gasteiger partial charge in [-0.1, -0.05) is 30.4 Å². The fourth-order valence-electron chi connectivity index (χ4n) is 1.64. The van der Waals surface area contributed by atoms with Crippen molar-refractivity contribution in [3.8, 4) is 0 Å². The van der Waals surface area contributed by atoms with Gasteiger partial charge in [-0.2, -0.15) is 0 Å². The third kappa shape index (κ3) is 3.12. The molecule has 0 aliphatic rings. The molecule has 1 aromatic heterocycles. The molecule has 0 aliphatic heterocycles. The van der Waals surface area contributed by atoms with E-state index in [1.54, 1.807) is 30.3 Å². The van der Waals surface area contributed by atoms with Crippen molar-refractivity contribution in [3.63, 3.8) is 0 Å². The normalized spacial score (nSPS) is 11.1. The summed E-state index contributed by atoms with van der Waals surface area (Å²) in [5.74, 6) is 0. The number of nitrogens with two attached hydrogens (primary N) is 1. The number of aryl methyl sites for hydroxylation is 1. The van der Waals surface area contributed by atoms with E-state index in [1.807, 2.05) is 6.92 Å². The van der Waals surface area contributed by atoms with Crippen LogP contribution in [0, 0.1) is 6.92 Å². The smallest absolute Gasteiger partial charge is 0.262 e. The Morgan fingerprint density at radius 2 is 1.95 bits per heavy atom. The first-order valence-electron chi connectivity index (χ1n) is 5.74. The van der Waals surface area contributed by atoms with Gasteiger partial charge in [0.1, 0.15) is 4.99 Å². The summed E-state index contributed by atoms with van der Waals surface area (Å²) in [6.07, 6.45) is 1.45. The highest BCUT2D eigenvalue weighted by molar-refractivity contribution is 7.93. The SMILES string of the molecule is Cc1ccc(NS(=O)(=O)c2ccccc2C(N)=S)cn1. The molecule has 0 amide bonds. The number of anilines is 1. The van der Waals surface area contributed by atoms with Gasteiger partial charge in [0.05, 0.1) is 16.8 Å². The van der Waals surface area contributed by atoms with Crippen molar-refractivity contribution in [2.24, 2.45) is 5.73 Å². The third-order valence-electron chi connectivity index (χ3n) is 2.61. The number of pyridine rings is 1. The van der Waals surface area contributed by atoms with Crippen LogP contribution < -0.4 is 10.5 Å². The molecule has 2 rings (SSSR count). The average molecular weight is 307 g/mol. The van der Waals surface area contributed by atoms with Crippen molar-refractivity contribution < 1.29 is 8.42 Å². The number of sulfonamides is 1. The molecule has 3 N–H and O–H groups in total. The van der Waals surface area contributed by atoms with E-state index in [-0.39, 0.29) is 9.88 Å². The zero-order valence-electron chi connectivity index (χ0n) is 10.7. The molecule has 0 fully saturated rings. The standard InChI is InChI=1S/C13H13N3O2S2/c1-9-6-7-10(8-15-9)16-20(17,18)12-5-3-2-4-11(12)13(14)19/h2-8,16H,1H3,(H2,14,19). The lowest BCUT2D eigenvalue weighted by Gasteiger charge is -2.11. The van der Waals surface area contributed by atoms with Crippen molar-refractivity contribution in [3.05, 3.63) is 53.9 Å². The zero-order valence-corrected chi connectivity index (χ0v) is 12.3. The van der Waals surface area contributed by atoms with Gasteiger partial charge in [-0.05, 0) is 25.1 Å². The minimum absolute atomic E-state index is 0.0352. The van der Waals surface area contributed by atoms with Crippen LogP contribution in [-0.2, 0) is 10.0 Å². The van der Waals surface area contributed by atoms with E-state index in [1.165, 1.54) is 12.3 Å². The summed E-state index contributed by atoms with van der Waals surface area (Å²) < 4.78 is 27.2. The lowest BCUT2D eigenvalue weighted by Crippen LogP contribution is -2.19. The molecule has 1 heterocycles. The maximum Gasteiger partial charge on any atom is 0.262 e. The Morgan fingerprint density at radius 1 is 1.25 bits per heavy atom. The largest absolute Gasteiger partial charge is 0.389 e. The summed E-state index contributed by atoms with van der Waals surface area (Å²) in [7, 11) is -3.76. The molecular weight excluding hydrogens is 294 g/mol. The van der Waals surface area contributed by atoms with Crippen LogP contribution >= 0.6 is 12.2 Å². The van der Waals surface area contributed by atoms with Gasteiger partial charge in [0.2, 0.25) is 0 Å². The number of aromatic nitrogens is 1. The van der Waals surface area contributed by atoms with Gasteiger partial charge in [0, 0.05) is 11.3 Å². The number of thiocarbonyl (C=S) groups is 1. The van der Waals surface area contributed by atoms with E-state index >= 15 is 0 Å². The summed E-state index contributed by atoms with van der Waals surface area (Å²) in [5.41, 5.74) is 7.05. The van der Waals surface area contributed by atoms with Crippen molar-refractivity contribution in [1.29, 1.82) is 0 Å². The summed E-state index contributed by atoms with van der Waals surface area (Å²) in [6, 6.07) is 9.69. The number of hydrogen-bond donors (Lipinski definition) is 2. The van der Waals surface area contributed by atoms with E-state index in [0.717, 1.165) is 5.69 Å². The maximum absolute atomic E-state index is 12.4. The molecule has 2 aromatic rings. The Kier molecular flexibility index (Phi) is 4.01. The molecule has 0 radical (unpaired) electrons. The van der Waals surface area contributed by atoms with Gasteiger partial charge >= 0.3 is 0 Å². The predicted octanol–water partition coefficient (Wildman–Crippen LogP) is 1.83. The molecule has 0 bridgehead atoms. The molecule has 0 saturated heterocycles. The minimum atomic E-state index is -3.76. The van der Waals surface area contributed by atoms with Crippen molar-refractivity contribution in [1.82, 2.24) is 4.98 Å². The Balaban J connectivity index is 2.41. The zero-order chi connectivity index (χ0) is 14.8. The fourth-order valence-corrected chi connectivity index (χ4v) is 3.15. The fraction of sp³-hybridized carbons (Fsp3) is 0.0769. The van der Waals surface area contributed by atoms with E-state index in [4.69, 9.17) is 18.0 Å². The van der Waals surface area contributed by atoms with Crippen LogP contribution in [0.1, 0.15) is 11.3 Å². The van der Waals surface area contributed by atoms with Gasteiger partial charge < -0.3 is 5.73 Å². The second-order valence-electron chi connectivity index (χ2n) is 4.15. The number of hydrogen-bond acceptors (Lipinski definition) is 4. The highest BCUT2D eigenvalue weighted by Crippen LogP contribution is 2.19. The van der Waals surface area contributed by atoms with Gasteiger partial charge in [0.25, 0.3) is 10.0 Å². The first-order valence-corrected chi connectivity index (χ1v) is 7.63. The molecule has 0 unspecified atom stereocenters. The second kappa shape index (κ2) is 5.56. The number of benzene rings is 1. The van der Waals surface area contributed by atoms with E-state index < -0.39 is 10.0 Å². The molecule has 0 saturated carbocycles. The molecule has 0 atom stereocenters. The maximum atomic E-state index is 12.4. The van der Waals surface area contributed by atoms with Crippen LogP contribution in [0.15, 0.2) is 47.5 Å². The van der Waals surface area contributed by atoms with Crippen molar-refractivity contribution in [2.45, 2.75) is 11.8 Å². The van der Waals surface area contributed by atoms with E-state index in [9.17, 15) is 8.42 Å². The Labute approximate surface area is 122 Å². The van der Waals surface area contributed by atoms with Gasteiger partial charge in [-0.3, -0.25) is 9.71 Å². The van der Waals surface area contributed by atoms with Gasteiger partial charge in [-0.25, -0.2) is 8.42 Å². The summed E-state index contributed by atoms with van der Waals surface area (Å²) >= 11 is 4.87. The van der Waals surface area contributed by atoms with Gasteiger partial charge in [-0.15, -0.1) is 0 Å². The van der Waals surface area contributed by atoms with Crippen LogP contribution in [0.25, 0.3) is 0 Å². The van der Waals surface area contributed by atoms with Crippen LogP contribution in [0.3, 0.4) is 0 Å². The van der Waals surface area contributed by atoms with Crippen molar-refractivity contribution >= 4 is 32.9 Å². The average Bonchev–Trinajstić information content (AvgIpc) is 2.41. The molecular formula is C13H13N3O2S2. The molecule has 5 nitrogen and oxygen atoms in total. The molecule has 20 heavy (non-hydrogen) atoms. The monoisotopic (exact) mass is 307 g/mol. The van der Waals surface area contributed by atoms with Crippen LogP contribution in [-0.4, -0.2) is 18.4 Å². The van der Waals surface area contributed by atoms with Crippen LogP contribution in [0.4, 0.5) is 5.69 Å². The topological polar surface area (TPSA) is 85.1 Å². The highest BCUT2D eigenvalue weighted by atomic mass is 32.2. The molecule has 0 aliphatic carbocycles. The highest BCUT2D eigenvalue weighted by Gasteiger charge is 2.19. The van der Waals surface area contributed by atoms with E-state index in [0.29, 0.717) is 11.3 Å². The van der Waals surface area contributed by atoms with Gasteiger partial charge in [0.15, 0.2) is 0 Å². The van der Waals surface area contributed by atoms with E-state index in [2.05, 4.69) is 9.71 Å². The Bertz CT molecular complexity index is 740.